The molecule has 1 N–H and O–H groups in total. The fourth-order valence-corrected chi connectivity index (χ4v) is 4.03. The maximum Gasteiger partial charge on any atom is 0.226 e. The van der Waals surface area contributed by atoms with Gasteiger partial charge in [-0.3, -0.25) is 4.79 Å². The van der Waals surface area contributed by atoms with Gasteiger partial charge in [-0.2, -0.15) is 0 Å². The molecule has 0 aromatic carbocycles. The lowest BCUT2D eigenvalue weighted by atomic mass is 9.58. The zero-order valence-corrected chi connectivity index (χ0v) is 10.1. The molecule has 3 heteroatoms. The molecule has 3 fully saturated rings. The summed E-state index contributed by atoms with van der Waals surface area (Å²) >= 11 is 0. The van der Waals surface area contributed by atoms with Crippen LogP contribution in [0.2, 0.25) is 0 Å². The van der Waals surface area contributed by atoms with E-state index in [1.165, 1.54) is 32.1 Å². The van der Waals surface area contributed by atoms with Gasteiger partial charge in [-0.05, 0) is 38.0 Å². The van der Waals surface area contributed by atoms with Gasteiger partial charge in [0.2, 0.25) is 5.91 Å². The number of rotatable bonds is 0. The third kappa shape index (κ3) is 1.70. The van der Waals surface area contributed by atoms with Crippen molar-refractivity contribution in [1.29, 1.82) is 0 Å². The molecule has 2 aliphatic carbocycles. The van der Waals surface area contributed by atoms with Crippen LogP contribution in [0, 0.1) is 23.1 Å². The van der Waals surface area contributed by atoms with E-state index in [4.69, 9.17) is 0 Å². The predicted octanol–water partition coefficient (Wildman–Crippen LogP) is 1.38. The fraction of sp³-hybridized carbons (Fsp3) is 0.857. The number of nitrogens with one attached hydrogen (secondary N) is 1. The SMILES string of the molecule is [BH3-][C+]1CCC2C(C1)NC(=O)C21CCC(C)CC1. The molecule has 2 unspecified atom stereocenters. The Morgan fingerprint density at radius 3 is 2.76 bits per heavy atom. The van der Waals surface area contributed by atoms with Crippen molar-refractivity contribution in [2.24, 2.45) is 17.3 Å². The van der Waals surface area contributed by atoms with E-state index in [1.807, 2.05) is 5.82 Å². The average molecular weight is 233 g/mol. The summed E-state index contributed by atoms with van der Waals surface area (Å²) in [4.78, 5) is 12.4. The van der Waals surface area contributed by atoms with Gasteiger partial charge < -0.3 is 5.32 Å². The highest BCUT2D eigenvalue weighted by Crippen LogP contribution is 2.53. The summed E-state index contributed by atoms with van der Waals surface area (Å²) in [5.74, 6) is 3.74. The van der Waals surface area contributed by atoms with Crippen LogP contribution in [-0.2, 0) is 4.79 Å². The second-order valence-electron chi connectivity index (χ2n) is 6.02. The van der Waals surface area contributed by atoms with Crippen LogP contribution in [-0.4, -0.2) is 19.8 Å². The minimum atomic E-state index is 0.0534. The number of fused-ring (bicyclic) bond motifs is 2. The third-order valence-electron chi connectivity index (χ3n) is 5.13. The van der Waals surface area contributed by atoms with E-state index in [0.717, 1.165) is 18.8 Å². The third-order valence-corrected chi connectivity index (χ3v) is 5.13. The van der Waals surface area contributed by atoms with E-state index < -0.39 is 0 Å². The van der Waals surface area contributed by atoms with E-state index in [9.17, 15) is 4.79 Å². The molecule has 2 saturated carbocycles. The van der Waals surface area contributed by atoms with Gasteiger partial charge >= 0.3 is 0 Å². The van der Waals surface area contributed by atoms with E-state index in [0.29, 0.717) is 25.7 Å². The van der Waals surface area contributed by atoms with Gasteiger partial charge in [-0.25, -0.2) is 0 Å². The number of carbonyl (C=O) groups is 1. The highest BCUT2D eigenvalue weighted by atomic mass is 16.2. The van der Waals surface area contributed by atoms with Crippen molar-refractivity contribution < 1.29 is 4.79 Å². The van der Waals surface area contributed by atoms with Gasteiger partial charge in [-0.1, -0.05) is 6.92 Å². The quantitative estimate of drug-likeness (QED) is 0.497. The molecular weight excluding hydrogens is 209 g/mol. The van der Waals surface area contributed by atoms with Crippen molar-refractivity contribution in [3.8, 4) is 0 Å². The summed E-state index contributed by atoms with van der Waals surface area (Å²) < 4.78 is 0. The minimum Gasteiger partial charge on any atom is -0.348 e. The predicted molar refractivity (Wildman–Crippen MR) is 72.5 cm³/mol. The lowest BCUT2D eigenvalue weighted by Gasteiger charge is -2.40. The molecule has 94 valence electrons. The molecule has 3 rings (SSSR count). The van der Waals surface area contributed by atoms with Crippen LogP contribution in [0.25, 0.3) is 0 Å². The normalized spacial score (nSPS) is 45.9. The molecule has 0 aromatic rings. The zero-order chi connectivity index (χ0) is 12.0. The Labute approximate surface area is 105 Å². The van der Waals surface area contributed by atoms with Gasteiger partial charge in [-0.15, -0.1) is 5.82 Å². The molecule has 1 saturated heterocycles. The molecule has 1 aliphatic heterocycles. The van der Waals surface area contributed by atoms with Crippen LogP contribution >= 0.6 is 0 Å². The largest absolute Gasteiger partial charge is 0.348 e. The maximum atomic E-state index is 12.4. The van der Waals surface area contributed by atoms with Crippen molar-refractivity contribution in [2.45, 2.75) is 57.9 Å². The second kappa shape index (κ2) is 3.96. The minimum absolute atomic E-state index is 0.0534. The van der Waals surface area contributed by atoms with Crippen molar-refractivity contribution in [2.75, 3.05) is 0 Å². The van der Waals surface area contributed by atoms with E-state index in [2.05, 4.69) is 12.2 Å². The highest BCUT2D eigenvalue weighted by Gasteiger charge is 2.57. The Kier molecular flexibility index (Phi) is 2.68. The van der Waals surface area contributed by atoms with Crippen molar-refractivity contribution >= 4 is 13.8 Å². The number of amides is 1. The molecule has 2 nitrogen and oxygen atoms in total. The smallest absolute Gasteiger partial charge is 0.226 e. The molecular formula is C14H24BNO. The van der Waals surface area contributed by atoms with Gasteiger partial charge in [0.25, 0.3) is 0 Å². The lowest BCUT2D eigenvalue weighted by molar-refractivity contribution is -0.131. The first-order chi connectivity index (χ1) is 8.12. The standard InChI is InChI=1S/C14H24BNO/c1-9-4-6-14(7-5-9)11-3-2-10(15)8-12(11)16-13(14)17/h9,11-12H,2-8H2,1,15H3,(H,16,17). The van der Waals surface area contributed by atoms with Crippen LogP contribution in [0.5, 0.6) is 0 Å². The zero-order valence-electron chi connectivity index (χ0n) is 10.1. The molecule has 1 amide bonds. The second-order valence-corrected chi connectivity index (χ2v) is 6.02. The van der Waals surface area contributed by atoms with Gasteiger partial charge in [0.05, 0.1) is 17.9 Å². The van der Waals surface area contributed by atoms with Crippen molar-refractivity contribution in [1.82, 2.24) is 5.32 Å². The van der Waals surface area contributed by atoms with Crippen LogP contribution in [0.1, 0.15) is 51.9 Å². The van der Waals surface area contributed by atoms with Crippen LogP contribution in [0.3, 0.4) is 0 Å². The monoisotopic (exact) mass is 233 g/mol. The summed E-state index contributed by atoms with van der Waals surface area (Å²) in [6.45, 7) is 2.34. The first kappa shape index (κ1) is 11.5. The first-order valence-electron chi connectivity index (χ1n) is 6.74. The van der Waals surface area contributed by atoms with E-state index >= 15 is 0 Å². The summed E-state index contributed by atoms with van der Waals surface area (Å²) in [5, 5.41) is 3.34. The molecule has 17 heavy (non-hydrogen) atoms. The van der Waals surface area contributed by atoms with Crippen LogP contribution < -0.4 is 5.32 Å². The van der Waals surface area contributed by atoms with Crippen molar-refractivity contribution in [3.05, 3.63) is 5.82 Å². The Balaban J connectivity index is 1.82. The molecule has 1 spiro atoms. The highest BCUT2D eigenvalue weighted by molar-refractivity contribution is 6.18. The first-order valence-corrected chi connectivity index (χ1v) is 6.74. The average Bonchev–Trinajstić information content (AvgIpc) is 2.55. The topological polar surface area (TPSA) is 29.1 Å². The fourth-order valence-electron chi connectivity index (χ4n) is 4.03. The maximum absolute atomic E-state index is 12.4. The Morgan fingerprint density at radius 1 is 1.35 bits per heavy atom. The van der Waals surface area contributed by atoms with Crippen LogP contribution in [0.4, 0.5) is 0 Å². The van der Waals surface area contributed by atoms with Gasteiger partial charge in [0.15, 0.2) is 7.85 Å². The Bertz CT molecular complexity index is 322. The molecule has 0 aromatic heterocycles. The molecule has 0 bridgehead atoms. The number of hydrogen-bond donors (Lipinski definition) is 1. The lowest BCUT2D eigenvalue weighted by Crippen LogP contribution is -2.40. The molecule has 2 atom stereocenters. The van der Waals surface area contributed by atoms with Crippen LogP contribution in [0.15, 0.2) is 0 Å². The molecule has 0 radical (unpaired) electrons. The van der Waals surface area contributed by atoms with Gasteiger partial charge in [0, 0.05) is 12.3 Å². The summed E-state index contributed by atoms with van der Waals surface area (Å²) in [5.41, 5.74) is 0.0534. The Morgan fingerprint density at radius 2 is 2.06 bits per heavy atom. The summed E-state index contributed by atoms with van der Waals surface area (Å²) in [6.07, 6.45) is 8.75. The molecule has 3 aliphatic rings. The summed E-state index contributed by atoms with van der Waals surface area (Å²) in [6, 6.07) is 0.525. The molecule has 1 heterocycles. The van der Waals surface area contributed by atoms with E-state index in [-0.39, 0.29) is 5.41 Å². The van der Waals surface area contributed by atoms with Crippen molar-refractivity contribution in [3.63, 3.8) is 0 Å². The van der Waals surface area contributed by atoms with Gasteiger partial charge in [0.1, 0.15) is 0 Å². The summed E-state index contributed by atoms with van der Waals surface area (Å²) in [7, 11) is 0.399. The number of carbonyl (C=O) groups excluding carboxylic acids is 1. The Hall–Kier alpha value is -0.595. The number of hydrogen-bond acceptors (Lipinski definition) is 1. The van der Waals surface area contributed by atoms with E-state index in [1.54, 1.807) is 0 Å².